The van der Waals surface area contributed by atoms with Crippen LogP contribution in [0, 0.1) is 16.0 Å². The van der Waals surface area contributed by atoms with Gasteiger partial charge in [-0.1, -0.05) is 19.1 Å². The summed E-state index contributed by atoms with van der Waals surface area (Å²) in [5.41, 5.74) is 2.23. The zero-order chi connectivity index (χ0) is 23.4. The van der Waals surface area contributed by atoms with Crippen LogP contribution in [0.4, 0.5) is 17.1 Å². The van der Waals surface area contributed by atoms with Crippen molar-refractivity contribution in [3.05, 3.63) is 58.1 Å². The number of rotatable bonds is 6. The lowest BCUT2D eigenvalue weighted by Gasteiger charge is -2.38. The predicted octanol–water partition coefficient (Wildman–Crippen LogP) is 4.19. The second-order valence-corrected chi connectivity index (χ2v) is 8.81. The molecule has 2 aromatic carbocycles. The average Bonchev–Trinajstić information content (AvgIpc) is 2.84. The van der Waals surface area contributed by atoms with Gasteiger partial charge in [-0.2, -0.15) is 0 Å². The molecule has 33 heavy (non-hydrogen) atoms. The average molecular weight is 453 g/mol. The third kappa shape index (κ3) is 5.05. The van der Waals surface area contributed by atoms with E-state index >= 15 is 0 Å². The molecule has 0 bridgehead atoms. The standard InChI is InChI=1S/C25H32N4O4/c1-3-33-24-7-5-4-6-23(24)27-14-16-28(17-15-27)25(30)21-18-20(29(31)32)8-9-22(21)26-12-10-19(2)11-13-26/h4-9,18-19H,3,10-17H2,1-2H3. The molecule has 2 fully saturated rings. The highest BCUT2D eigenvalue weighted by molar-refractivity contribution is 6.00. The number of para-hydroxylation sites is 2. The van der Waals surface area contributed by atoms with Gasteiger partial charge in [0.05, 0.1) is 28.5 Å². The molecule has 2 heterocycles. The molecule has 8 heteroatoms. The summed E-state index contributed by atoms with van der Waals surface area (Å²) in [7, 11) is 0. The molecule has 1 amide bonds. The number of non-ortho nitro benzene ring substituents is 1. The Bertz CT molecular complexity index is 996. The Labute approximate surface area is 194 Å². The van der Waals surface area contributed by atoms with E-state index in [0.717, 1.165) is 43.1 Å². The van der Waals surface area contributed by atoms with Crippen molar-refractivity contribution in [1.29, 1.82) is 0 Å². The summed E-state index contributed by atoms with van der Waals surface area (Å²) in [6.07, 6.45) is 2.12. The van der Waals surface area contributed by atoms with Gasteiger partial charge in [-0.15, -0.1) is 0 Å². The molecule has 0 aliphatic carbocycles. The molecule has 2 saturated heterocycles. The Morgan fingerprint density at radius 2 is 1.67 bits per heavy atom. The molecule has 0 aromatic heterocycles. The predicted molar refractivity (Wildman–Crippen MR) is 129 cm³/mol. The SMILES string of the molecule is CCOc1ccccc1N1CCN(C(=O)c2cc([N+](=O)[O-])ccc2N2CCC(C)CC2)CC1. The highest BCUT2D eigenvalue weighted by Gasteiger charge is 2.29. The third-order valence-electron chi connectivity index (χ3n) is 6.62. The van der Waals surface area contributed by atoms with Crippen LogP contribution < -0.4 is 14.5 Å². The minimum absolute atomic E-state index is 0.0447. The van der Waals surface area contributed by atoms with Crippen molar-refractivity contribution in [1.82, 2.24) is 4.90 Å². The highest BCUT2D eigenvalue weighted by Crippen LogP contribution is 2.32. The Balaban J connectivity index is 1.52. The van der Waals surface area contributed by atoms with Gasteiger partial charge >= 0.3 is 0 Å². The molecule has 0 N–H and O–H groups in total. The van der Waals surface area contributed by atoms with Gasteiger partial charge in [0.1, 0.15) is 5.75 Å². The first-order valence-corrected chi connectivity index (χ1v) is 11.8. The van der Waals surface area contributed by atoms with Crippen LogP contribution in [-0.4, -0.2) is 61.6 Å². The van der Waals surface area contributed by atoms with Gasteiger partial charge in [-0.3, -0.25) is 14.9 Å². The number of anilines is 2. The van der Waals surface area contributed by atoms with Crippen LogP contribution in [0.2, 0.25) is 0 Å². The molecule has 4 rings (SSSR count). The number of nitrogens with zero attached hydrogens (tertiary/aromatic N) is 4. The number of carbonyl (C=O) groups is 1. The Morgan fingerprint density at radius 3 is 2.33 bits per heavy atom. The number of amides is 1. The second-order valence-electron chi connectivity index (χ2n) is 8.81. The lowest BCUT2D eigenvalue weighted by molar-refractivity contribution is -0.384. The molecule has 176 valence electrons. The minimum Gasteiger partial charge on any atom is -0.492 e. The molecule has 0 atom stereocenters. The van der Waals surface area contributed by atoms with Gasteiger partial charge in [0.15, 0.2) is 0 Å². The Hall–Kier alpha value is -3.29. The van der Waals surface area contributed by atoms with Crippen molar-refractivity contribution in [2.75, 3.05) is 55.7 Å². The number of carbonyl (C=O) groups excluding carboxylic acids is 1. The number of nitro groups is 1. The van der Waals surface area contributed by atoms with E-state index in [4.69, 9.17) is 4.74 Å². The summed E-state index contributed by atoms with van der Waals surface area (Å²) in [4.78, 5) is 30.8. The van der Waals surface area contributed by atoms with Gasteiger partial charge in [0.2, 0.25) is 0 Å². The van der Waals surface area contributed by atoms with Crippen LogP contribution in [0.3, 0.4) is 0 Å². The first kappa shape index (κ1) is 22.9. The van der Waals surface area contributed by atoms with E-state index in [1.54, 1.807) is 6.07 Å². The third-order valence-corrected chi connectivity index (χ3v) is 6.62. The largest absolute Gasteiger partial charge is 0.492 e. The van der Waals surface area contributed by atoms with E-state index in [9.17, 15) is 14.9 Å². The van der Waals surface area contributed by atoms with Crippen molar-refractivity contribution in [2.24, 2.45) is 5.92 Å². The normalized spacial score (nSPS) is 17.2. The lowest BCUT2D eigenvalue weighted by atomic mass is 9.97. The van der Waals surface area contributed by atoms with E-state index < -0.39 is 4.92 Å². The van der Waals surface area contributed by atoms with Gasteiger partial charge in [-0.05, 0) is 43.9 Å². The van der Waals surface area contributed by atoms with Crippen molar-refractivity contribution in [2.45, 2.75) is 26.7 Å². The van der Waals surface area contributed by atoms with Crippen molar-refractivity contribution in [3.63, 3.8) is 0 Å². The maximum Gasteiger partial charge on any atom is 0.270 e. The zero-order valence-electron chi connectivity index (χ0n) is 19.4. The summed E-state index contributed by atoms with van der Waals surface area (Å²) >= 11 is 0. The molecule has 0 radical (unpaired) electrons. The fraction of sp³-hybridized carbons (Fsp3) is 0.480. The molecular formula is C25H32N4O4. The van der Waals surface area contributed by atoms with E-state index in [0.29, 0.717) is 44.3 Å². The topological polar surface area (TPSA) is 79.2 Å². The smallest absolute Gasteiger partial charge is 0.270 e. The minimum atomic E-state index is -0.429. The number of ether oxygens (including phenoxy) is 1. The Morgan fingerprint density at radius 1 is 1.00 bits per heavy atom. The van der Waals surface area contributed by atoms with Crippen LogP contribution in [0.25, 0.3) is 0 Å². The van der Waals surface area contributed by atoms with E-state index in [-0.39, 0.29) is 11.6 Å². The number of nitro benzene ring substituents is 1. The number of piperidine rings is 1. The Kier molecular flexibility index (Phi) is 7.01. The van der Waals surface area contributed by atoms with E-state index in [2.05, 4.69) is 16.7 Å². The number of hydrogen-bond acceptors (Lipinski definition) is 6. The summed E-state index contributed by atoms with van der Waals surface area (Å²) < 4.78 is 5.77. The number of benzene rings is 2. The maximum absolute atomic E-state index is 13.5. The fourth-order valence-corrected chi connectivity index (χ4v) is 4.65. The molecule has 0 saturated carbocycles. The van der Waals surface area contributed by atoms with Crippen LogP contribution >= 0.6 is 0 Å². The zero-order valence-corrected chi connectivity index (χ0v) is 19.4. The lowest BCUT2D eigenvalue weighted by Crippen LogP contribution is -2.49. The van der Waals surface area contributed by atoms with Crippen LogP contribution in [0.1, 0.15) is 37.0 Å². The monoisotopic (exact) mass is 452 g/mol. The molecule has 0 spiro atoms. The van der Waals surface area contributed by atoms with E-state index in [1.807, 2.05) is 36.1 Å². The van der Waals surface area contributed by atoms with Crippen molar-refractivity contribution >= 4 is 23.0 Å². The summed E-state index contributed by atoms with van der Waals surface area (Å²) in [6.45, 7) is 9.00. The van der Waals surface area contributed by atoms with Crippen LogP contribution in [0.15, 0.2) is 42.5 Å². The molecule has 8 nitrogen and oxygen atoms in total. The van der Waals surface area contributed by atoms with Gasteiger partial charge < -0.3 is 19.4 Å². The quantitative estimate of drug-likeness (QED) is 0.483. The van der Waals surface area contributed by atoms with Gasteiger partial charge in [0, 0.05) is 51.4 Å². The first-order chi connectivity index (χ1) is 16.0. The molecule has 2 aliphatic rings. The second kappa shape index (κ2) is 10.1. The maximum atomic E-state index is 13.5. The molecule has 2 aliphatic heterocycles. The summed E-state index contributed by atoms with van der Waals surface area (Å²) in [6, 6.07) is 12.7. The molecular weight excluding hydrogens is 420 g/mol. The van der Waals surface area contributed by atoms with Crippen LogP contribution in [0.5, 0.6) is 5.75 Å². The van der Waals surface area contributed by atoms with Gasteiger partial charge in [0.25, 0.3) is 11.6 Å². The fourth-order valence-electron chi connectivity index (χ4n) is 4.65. The first-order valence-electron chi connectivity index (χ1n) is 11.8. The molecule has 0 unspecified atom stereocenters. The van der Waals surface area contributed by atoms with E-state index in [1.165, 1.54) is 12.1 Å². The summed E-state index contributed by atoms with van der Waals surface area (Å²) in [5, 5.41) is 11.4. The van der Waals surface area contributed by atoms with Crippen molar-refractivity contribution < 1.29 is 14.5 Å². The molecule has 2 aromatic rings. The van der Waals surface area contributed by atoms with Crippen LogP contribution in [-0.2, 0) is 0 Å². The van der Waals surface area contributed by atoms with Gasteiger partial charge in [-0.25, -0.2) is 0 Å². The highest BCUT2D eigenvalue weighted by atomic mass is 16.6. The number of hydrogen-bond donors (Lipinski definition) is 0. The number of piperazine rings is 1. The van der Waals surface area contributed by atoms with Crippen molar-refractivity contribution in [3.8, 4) is 5.75 Å². The summed E-state index contributed by atoms with van der Waals surface area (Å²) in [5.74, 6) is 1.37.